The molecule has 0 spiro atoms. The molecule has 0 aromatic heterocycles. The second-order valence-electron chi connectivity index (χ2n) is 6.94. The Balaban J connectivity index is 1.87. The van der Waals surface area contributed by atoms with Crippen molar-refractivity contribution in [2.75, 3.05) is 19.6 Å². The van der Waals surface area contributed by atoms with Crippen molar-refractivity contribution in [3.8, 4) is 0 Å². The number of Topliss-reactive ketones (excluding diaryl/α,β-unsaturated/α-hetero) is 1. The maximum atomic E-state index is 12.9. The van der Waals surface area contributed by atoms with Gasteiger partial charge in [0.2, 0.25) is 11.8 Å². The highest BCUT2D eigenvalue weighted by Crippen LogP contribution is 2.18. The largest absolute Gasteiger partial charge is 0.480 e. The predicted octanol–water partition coefficient (Wildman–Crippen LogP) is 2.10. The molecule has 0 aliphatic carbocycles. The quantitative estimate of drug-likeness (QED) is 0.717. The zero-order valence-corrected chi connectivity index (χ0v) is 15.9. The summed E-state index contributed by atoms with van der Waals surface area (Å²) in [7, 11) is 0. The number of hydrogen-bond acceptors (Lipinski definition) is 4. The summed E-state index contributed by atoms with van der Waals surface area (Å²) in [5, 5.41) is 8.99. The number of hydrogen-bond donors (Lipinski definition) is 1. The molecular weight excluding hydrogens is 367 g/mol. The Kier molecular flexibility index (Phi) is 7.66. The van der Waals surface area contributed by atoms with Crippen LogP contribution >= 0.6 is 0 Å². The van der Waals surface area contributed by atoms with Gasteiger partial charge in [-0.1, -0.05) is 0 Å². The smallest absolute Gasteiger partial charge is 0.323 e. The lowest BCUT2D eigenvalue weighted by molar-refractivity contribution is -0.145. The number of ketones is 1. The number of aliphatic carboxylic acids is 1. The van der Waals surface area contributed by atoms with Crippen LogP contribution in [0.3, 0.4) is 0 Å². The number of nitrogens with zero attached hydrogens (tertiary/aromatic N) is 2. The number of likely N-dealkylation sites (tertiary alicyclic amines) is 1. The number of halogens is 1. The molecule has 1 atom stereocenters. The summed E-state index contributed by atoms with van der Waals surface area (Å²) in [4.78, 5) is 50.4. The molecular formula is C20H25FN2O5. The van der Waals surface area contributed by atoms with E-state index in [0.717, 1.165) is 0 Å². The summed E-state index contributed by atoms with van der Waals surface area (Å²) in [5.74, 6) is -2.15. The third-order valence-electron chi connectivity index (χ3n) is 4.93. The van der Waals surface area contributed by atoms with Crippen molar-refractivity contribution in [2.45, 2.75) is 45.1 Å². The van der Waals surface area contributed by atoms with E-state index in [0.29, 0.717) is 37.9 Å². The zero-order chi connectivity index (χ0) is 20.7. The van der Waals surface area contributed by atoms with Crippen molar-refractivity contribution >= 4 is 23.6 Å². The van der Waals surface area contributed by atoms with E-state index >= 15 is 0 Å². The molecule has 8 heteroatoms. The molecule has 2 rings (SSSR count). The number of benzene rings is 1. The van der Waals surface area contributed by atoms with Gasteiger partial charge in [-0.2, -0.15) is 0 Å². The van der Waals surface area contributed by atoms with E-state index in [4.69, 9.17) is 5.11 Å². The van der Waals surface area contributed by atoms with Gasteiger partial charge in [0, 0.05) is 44.5 Å². The van der Waals surface area contributed by atoms with Crippen LogP contribution < -0.4 is 0 Å². The van der Waals surface area contributed by atoms with Crippen LogP contribution in [0, 0.1) is 5.82 Å². The summed E-state index contributed by atoms with van der Waals surface area (Å²) in [6, 6.07) is 5.01. The fraction of sp³-hybridized carbons (Fsp3) is 0.500. The Morgan fingerprint density at radius 3 is 2.39 bits per heavy atom. The summed E-state index contributed by atoms with van der Waals surface area (Å²) < 4.78 is 12.9. The van der Waals surface area contributed by atoms with Crippen LogP contribution in [0.1, 0.15) is 49.4 Å². The summed E-state index contributed by atoms with van der Waals surface area (Å²) in [6.45, 7) is 1.93. The average molecular weight is 392 g/mol. The van der Waals surface area contributed by atoms with E-state index in [1.54, 1.807) is 4.90 Å². The average Bonchev–Trinajstić information content (AvgIpc) is 2.90. The van der Waals surface area contributed by atoms with Gasteiger partial charge >= 0.3 is 5.97 Å². The van der Waals surface area contributed by atoms with Gasteiger partial charge in [-0.15, -0.1) is 0 Å². The first-order valence-electron chi connectivity index (χ1n) is 9.33. The van der Waals surface area contributed by atoms with Crippen LogP contribution in [0.25, 0.3) is 0 Å². The van der Waals surface area contributed by atoms with Crippen molar-refractivity contribution in [1.29, 1.82) is 0 Å². The van der Waals surface area contributed by atoms with Crippen LogP contribution in [0.4, 0.5) is 4.39 Å². The first-order valence-corrected chi connectivity index (χ1v) is 9.33. The monoisotopic (exact) mass is 392 g/mol. The lowest BCUT2D eigenvalue weighted by Gasteiger charge is -2.28. The van der Waals surface area contributed by atoms with Crippen molar-refractivity contribution in [3.63, 3.8) is 0 Å². The van der Waals surface area contributed by atoms with Crippen molar-refractivity contribution in [2.24, 2.45) is 0 Å². The summed E-state index contributed by atoms with van der Waals surface area (Å²) >= 11 is 0. The van der Waals surface area contributed by atoms with Gasteiger partial charge in [0.15, 0.2) is 5.78 Å². The lowest BCUT2D eigenvalue weighted by Crippen LogP contribution is -2.43. The maximum Gasteiger partial charge on any atom is 0.323 e. The van der Waals surface area contributed by atoms with Crippen molar-refractivity contribution < 1.29 is 28.7 Å². The lowest BCUT2D eigenvalue weighted by atomic mass is 10.1. The third-order valence-corrected chi connectivity index (χ3v) is 4.93. The zero-order valence-electron chi connectivity index (χ0n) is 15.9. The van der Waals surface area contributed by atoms with E-state index in [-0.39, 0.29) is 43.0 Å². The first kappa shape index (κ1) is 21.5. The molecule has 1 heterocycles. The van der Waals surface area contributed by atoms with E-state index in [1.807, 2.05) is 0 Å². The molecule has 1 aliphatic rings. The highest BCUT2D eigenvalue weighted by atomic mass is 19.1. The molecule has 0 radical (unpaired) electrons. The first-order chi connectivity index (χ1) is 13.3. The van der Waals surface area contributed by atoms with Crippen molar-refractivity contribution in [1.82, 2.24) is 9.80 Å². The summed E-state index contributed by atoms with van der Waals surface area (Å²) in [6.07, 6.45) is 1.90. The molecule has 28 heavy (non-hydrogen) atoms. The fourth-order valence-electron chi connectivity index (χ4n) is 3.44. The van der Waals surface area contributed by atoms with E-state index < -0.39 is 11.8 Å². The highest BCUT2D eigenvalue weighted by molar-refractivity contribution is 5.97. The molecule has 1 unspecified atom stereocenters. The van der Waals surface area contributed by atoms with Gasteiger partial charge in [-0.3, -0.25) is 19.2 Å². The van der Waals surface area contributed by atoms with Gasteiger partial charge in [0.05, 0.1) is 0 Å². The van der Waals surface area contributed by atoms with Crippen molar-refractivity contribution in [3.05, 3.63) is 35.6 Å². The molecule has 1 saturated heterocycles. The predicted molar refractivity (Wildman–Crippen MR) is 99.2 cm³/mol. The Morgan fingerprint density at radius 1 is 1.11 bits per heavy atom. The second kappa shape index (κ2) is 9.96. The number of amides is 2. The molecule has 7 nitrogen and oxygen atoms in total. The third kappa shape index (κ3) is 6.14. The standard InChI is InChI=1S/C20H25FN2O5/c1-14(24)23(13-20(27)28)17-3-2-11-22(12-10-17)19(26)9-8-18(25)15-4-6-16(21)7-5-15/h4-7,17H,2-3,8-13H2,1H3,(H,27,28). The Bertz CT molecular complexity index is 735. The second-order valence-corrected chi connectivity index (χ2v) is 6.94. The van der Waals surface area contributed by atoms with Crippen LogP contribution in [-0.4, -0.2) is 64.1 Å². The molecule has 1 aliphatic heterocycles. The Hall–Kier alpha value is -2.77. The molecule has 2 amide bonds. The van der Waals surface area contributed by atoms with Gasteiger partial charge in [-0.25, -0.2) is 4.39 Å². The number of carbonyl (C=O) groups excluding carboxylic acids is 3. The molecule has 0 bridgehead atoms. The summed E-state index contributed by atoms with van der Waals surface area (Å²) in [5.41, 5.74) is 0.371. The minimum Gasteiger partial charge on any atom is -0.480 e. The molecule has 1 aromatic rings. The van der Waals surface area contributed by atoms with Gasteiger partial charge in [-0.05, 0) is 43.5 Å². The number of carboxylic acid groups (broad SMARTS) is 1. The van der Waals surface area contributed by atoms with Crippen LogP contribution in [0.15, 0.2) is 24.3 Å². The Morgan fingerprint density at radius 2 is 1.79 bits per heavy atom. The van der Waals surface area contributed by atoms with Gasteiger partial charge in [0.25, 0.3) is 0 Å². The Labute approximate surface area is 163 Å². The van der Waals surface area contributed by atoms with E-state index in [9.17, 15) is 23.6 Å². The van der Waals surface area contributed by atoms with E-state index in [2.05, 4.69) is 0 Å². The minimum atomic E-state index is -1.06. The SMILES string of the molecule is CC(=O)N(CC(=O)O)C1CCCN(C(=O)CCC(=O)c2ccc(F)cc2)CC1. The molecule has 152 valence electrons. The molecule has 1 fully saturated rings. The number of carbonyl (C=O) groups is 4. The number of rotatable bonds is 7. The minimum absolute atomic E-state index is 0.0446. The topological polar surface area (TPSA) is 95.0 Å². The highest BCUT2D eigenvalue weighted by Gasteiger charge is 2.27. The molecule has 1 aromatic carbocycles. The van der Waals surface area contributed by atoms with E-state index in [1.165, 1.54) is 36.1 Å². The van der Waals surface area contributed by atoms with Crippen LogP contribution in [0.5, 0.6) is 0 Å². The fourth-order valence-corrected chi connectivity index (χ4v) is 3.44. The molecule has 1 N–H and O–H groups in total. The maximum absolute atomic E-state index is 12.9. The number of carboxylic acids is 1. The van der Waals surface area contributed by atoms with Gasteiger partial charge in [0.1, 0.15) is 12.4 Å². The molecule has 0 saturated carbocycles. The normalized spacial score (nSPS) is 16.9. The van der Waals surface area contributed by atoms with Crippen LogP contribution in [-0.2, 0) is 14.4 Å². The van der Waals surface area contributed by atoms with Gasteiger partial charge < -0.3 is 14.9 Å². The van der Waals surface area contributed by atoms with Crippen LogP contribution in [0.2, 0.25) is 0 Å².